The van der Waals surface area contributed by atoms with Crippen LogP contribution in [0.15, 0.2) is 42.5 Å². The van der Waals surface area contributed by atoms with Crippen LogP contribution in [-0.4, -0.2) is 30.5 Å². The molecule has 0 aliphatic heterocycles. The van der Waals surface area contributed by atoms with Gasteiger partial charge in [-0.1, -0.05) is 17.7 Å². The summed E-state index contributed by atoms with van der Waals surface area (Å²) in [5, 5.41) is 14.1. The van der Waals surface area contributed by atoms with E-state index < -0.39 is 23.4 Å². The summed E-state index contributed by atoms with van der Waals surface area (Å²) in [7, 11) is 1.53. The van der Waals surface area contributed by atoms with Gasteiger partial charge in [-0.25, -0.2) is 4.79 Å². The molecule has 1 amide bonds. The summed E-state index contributed by atoms with van der Waals surface area (Å²) < 4.78 is 10.9. The van der Waals surface area contributed by atoms with Crippen LogP contribution in [0.25, 0.3) is 10.1 Å². The summed E-state index contributed by atoms with van der Waals surface area (Å²) in [5.41, 5.74) is 0.0597. The third-order valence-corrected chi connectivity index (χ3v) is 5.33. The number of ether oxygens (including phenoxy) is 2. The van der Waals surface area contributed by atoms with E-state index in [0.29, 0.717) is 11.1 Å². The van der Waals surface area contributed by atoms with E-state index in [1.54, 1.807) is 18.2 Å². The van der Waals surface area contributed by atoms with E-state index in [1.165, 1.54) is 31.4 Å². The summed E-state index contributed by atoms with van der Waals surface area (Å²) >= 11 is 7.37. The predicted molar refractivity (Wildman–Crippen MR) is 105 cm³/mol. The van der Waals surface area contributed by atoms with Crippen LogP contribution < -0.4 is 10.1 Å². The number of thiophene rings is 1. The molecular formula is C18H13ClN2O6S. The van der Waals surface area contributed by atoms with Crippen molar-refractivity contribution in [1.29, 1.82) is 0 Å². The fourth-order valence-corrected chi connectivity index (χ4v) is 3.83. The largest absolute Gasteiger partial charge is 0.497 e. The summed E-state index contributed by atoms with van der Waals surface area (Å²) in [6.07, 6.45) is 0. The molecule has 0 unspecified atom stereocenters. The van der Waals surface area contributed by atoms with Crippen molar-refractivity contribution in [2.24, 2.45) is 0 Å². The van der Waals surface area contributed by atoms with Gasteiger partial charge in [0.05, 0.1) is 17.1 Å². The van der Waals surface area contributed by atoms with Crippen LogP contribution in [0.4, 0.5) is 11.4 Å². The minimum absolute atomic E-state index is 0.165. The van der Waals surface area contributed by atoms with Crippen LogP contribution in [0, 0.1) is 10.1 Å². The van der Waals surface area contributed by atoms with Crippen molar-refractivity contribution >= 4 is 56.3 Å². The number of carbonyl (C=O) groups excluding carboxylic acids is 2. The molecule has 0 spiro atoms. The van der Waals surface area contributed by atoms with Crippen molar-refractivity contribution in [3.05, 3.63) is 62.5 Å². The molecule has 0 bridgehead atoms. The number of carbonyl (C=O) groups is 2. The third kappa shape index (κ3) is 4.21. The summed E-state index contributed by atoms with van der Waals surface area (Å²) in [6.45, 7) is -0.560. The number of nitrogens with one attached hydrogen (secondary N) is 1. The zero-order chi connectivity index (χ0) is 20.3. The summed E-state index contributed by atoms with van der Waals surface area (Å²) in [6, 6.07) is 10.6. The number of nitrogens with zero attached hydrogens (tertiary/aromatic N) is 1. The minimum Gasteiger partial charge on any atom is -0.497 e. The van der Waals surface area contributed by atoms with Crippen LogP contribution in [0.5, 0.6) is 5.75 Å². The molecule has 0 saturated carbocycles. The fourth-order valence-electron chi connectivity index (χ4n) is 2.39. The van der Waals surface area contributed by atoms with Crippen molar-refractivity contribution in [1.82, 2.24) is 0 Å². The van der Waals surface area contributed by atoms with Gasteiger partial charge in [-0.15, -0.1) is 11.3 Å². The number of esters is 1. The zero-order valence-electron chi connectivity index (χ0n) is 14.4. The van der Waals surface area contributed by atoms with Crippen LogP contribution in [0.3, 0.4) is 0 Å². The molecule has 3 aromatic rings. The van der Waals surface area contributed by atoms with Crippen LogP contribution in [-0.2, 0) is 9.53 Å². The van der Waals surface area contributed by atoms with Gasteiger partial charge in [-0.05, 0) is 24.3 Å². The average molecular weight is 421 g/mol. The number of hydrogen-bond acceptors (Lipinski definition) is 7. The van der Waals surface area contributed by atoms with Gasteiger partial charge < -0.3 is 14.8 Å². The Morgan fingerprint density at radius 3 is 2.75 bits per heavy atom. The number of non-ortho nitro benzene ring substituents is 1. The van der Waals surface area contributed by atoms with Crippen LogP contribution >= 0.6 is 22.9 Å². The zero-order valence-corrected chi connectivity index (χ0v) is 16.0. The molecule has 0 aliphatic rings. The van der Waals surface area contributed by atoms with Crippen molar-refractivity contribution in [2.75, 3.05) is 19.0 Å². The standard InChI is InChI=1S/C18H13ClN2O6S/c1-26-12-5-6-13-14(8-12)28-17(16(13)19)18(23)27-9-15(22)20-10-3-2-4-11(7-10)21(24)25/h2-8H,9H2,1H3,(H,20,22). The first-order valence-corrected chi connectivity index (χ1v) is 9.06. The molecule has 1 aromatic heterocycles. The number of hydrogen-bond donors (Lipinski definition) is 1. The van der Waals surface area contributed by atoms with Crippen molar-refractivity contribution in [3.8, 4) is 5.75 Å². The predicted octanol–water partition coefficient (Wildman–Crippen LogP) is 4.27. The number of nitro benzene ring substituents is 1. The highest BCUT2D eigenvalue weighted by Gasteiger charge is 2.20. The Bertz CT molecular complexity index is 1080. The van der Waals surface area contributed by atoms with Crippen LogP contribution in [0.2, 0.25) is 5.02 Å². The van der Waals surface area contributed by atoms with E-state index in [4.69, 9.17) is 21.1 Å². The maximum atomic E-state index is 12.3. The second-order valence-corrected chi connectivity index (χ2v) is 6.97. The first-order chi connectivity index (χ1) is 13.4. The number of halogens is 1. The van der Waals surface area contributed by atoms with Gasteiger partial charge in [0, 0.05) is 27.9 Å². The maximum absolute atomic E-state index is 12.3. The highest BCUT2D eigenvalue weighted by atomic mass is 35.5. The van der Waals surface area contributed by atoms with E-state index in [2.05, 4.69) is 5.32 Å². The number of amides is 1. The third-order valence-electron chi connectivity index (χ3n) is 3.70. The molecule has 0 fully saturated rings. The molecular weight excluding hydrogens is 408 g/mol. The van der Waals surface area contributed by atoms with Crippen LogP contribution in [0.1, 0.15) is 9.67 Å². The molecule has 0 atom stereocenters. The van der Waals surface area contributed by atoms with E-state index in [9.17, 15) is 19.7 Å². The molecule has 0 aliphatic carbocycles. The van der Waals surface area contributed by atoms with Gasteiger partial charge in [-0.2, -0.15) is 0 Å². The van der Waals surface area contributed by atoms with E-state index in [1.807, 2.05) is 0 Å². The molecule has 2 aromatic carbocycles. The minimum atomic E-state index is -0.737. The number of rotatable bonds is 6. The molecule has 0 saturated heterocycles. The van der Waals surface area contributed by atoms with Gasteiger partial charge >= 0.3 is 5.97 Å². The fraction of sp³-hybridized carbons (Fsp3) is 0.111. The Labute approximate surface area is 167 Å². The smallest absolute Gasteiger partial charge is 0.350 e. The lowest BCUT2D eigenvalue weighted by Crippen LogP contribution is -2.20. The first-order valence-electron chi connectivity index (χ1n) is 7.86. The topological polar surface area (TPSA) is 108 Å². The van der Waals surface area contributed by atoms with Gasteiger partial charge in [0.2, 0.25) is 0 Å². The molecule has 3 rings (SSSR count). The number of benzene rings is 2. The number of methoxy groups -OCH3 is 1. The SMILES string of the molecule is COc1ccc2c(Cl)c(C(=O)OCC(=O)Nc3cccc([N+](=O)[O-])c3)sc2c1. The Balaban J connectivity index is 1.66. The molecule has 28 heavy (non-hydrogen) atoms. The average Bonchev–Trinajstić information content (AvgIpc) is 3.02. The number of nitro groups is 1. The van der Waals surface area contributed by atoms with Crippen molar-refractivity contribution in [3.63, 3.8) is 0 Å². The van der Waals surface area contributed by atoms with Gasteiger partial charge in [-0.3, -0.25) is 14.9 Å². The molecule has 0 radical (unpaired) electrons. The Morgan fingerprint density at radius 2 is 2.04 bits per heavy atom. The molecule has 1 N–H and O–H groups in total. The molecule has 144 valence electrons. The second-order valence-electron chi connectivity index (χ2n) is 5.54. The molecule has 8 nitrogen and oxygen atoms in total. The lowest BCUT2D eigenvalue weighted by atomic mass is 10.2. The number of fused-ring (bicyclic) bond motifs is 1. The Hall–Kier alpha value is -3.17. The van der Waals surface area contributed by atoms with E-state index in [0.717, 1.165) is 16.0 Å². The van der Waals surface area contributed by atoms with Gasteiger partial charge in [0.25, 0.3) is 11.6 Å². The molecule has 1 heterocycles. The monoisotopic (exact) mass is 420 g/mol. The normalized spacial score (nSPS) is 10.5. The second kappa shape index (κ2) is 8.24. The Kier molecular flexibility index (Phi) is 5.76. The lowest BCUT2D eigenvalue weighted by molar-refractivity contribution is -0.384. The lowest BCUT2D eigenvalue weighted by Gasteiger charge is -2.06. The van der Waals surface area contributed by atoms with Gasteiger partial charge in [0.1, 0.15) is 10.6 Å². The first kappa shape index (κ1) is 19.6. The summed E-state index contributed by atoms with van der Waals surface area (Å²) in [4.78, 5) is 34.6. The number of anilines is 1. The Morgan fingerprint density at radius 1 is 1.25 bits per heavy atom. The van der Waals surface area contributed by atoms with Crippen molar-refractivity contribution in [2.45, 2.75) is 0 Å². The highest BCUT2D eigenvalue weighted by molar-refractivity contribution is 7.21. The maximum Gasteiger partial charge on any atom is 0.350 e. The van der Waals surface area contributed by atoms with E-state index in [-0.39, 0.29) is 21.3 Å². The highest BCUT2D eigenvalue weighted by Crippen LogP contribution is 2.37. The molecule has 10 heteroatoms. The van der Waals surface area contributed by atoms with Crippen molar-refractivity contribution < 1.29 is 24.0 Å². The van der Waals surface area contributed by atoms with Gasteiger partial charge in [0.15, 0.2) is 6.61 Å². The van der Waals surface area contributed by atoms with E-state index >= 15 is 0 Å². The summed E-state index contributed by atoms with van der Waals surface area (Å²) in [5.74, 6) is -0.742. The quantitative estimate of drug-likeness (QED) is 0.362.